The largest absolute Gasteiger partial charge is 0.507 e. The maximum atomic E-state index is 11.9. The summed E-state index contributed by atoms with van der Waals surface area (Å²) in [6, 6.07) is 4.27. The van der Waals surface area contributed by atoms with Crippen molar-refractivity contribution in [1.29, 1.82) is 0 Å². The lowest BCUT2D eigenvalue weighted by Crippen LogP contribution is -2.28. The Kier molecular flexibility index (Phi) is 4.11. The van der Waals surface area contributed by atoms with Crippen LogP contribution in [0.5, 0.6) is 11.5 Å². The highest BCUT2D eigenvalue weighted by atomic mass is 79.9. The van der Waals surface area contributed by atoms with Gasteiger partial charge in [-0.15, -0.1) is 0 Å². The van der Waals surface area contributed by atoms with Gasteiger partial charge in [-0.2, -0.15) is 0 Å². The van der Waals surface area contributed by atoms with Crippen LogP contribution in [-0.2, 0) is 0 Å². The zero-order chi connectivity index (χ0) is 13.1. The minimum atomic E-state index is -0.427. The number of carbonyl (C=O) groups excluding carboxylic acids is 1. The van der Waals surface area contributed by atoms with Crippen molar-refractivity contribution in [1.82, 2.24) is 5.32 Å². The van der Waals surface area contributed by atoms with Gasteiger partial charge in [0, 0.05) is 11.4 Å². The summed E-state index contributed by atoms with van der Waals surface area (Å²) in [6.07, 6.45) is 3.26. The topological polar surface area (TPSA) is 69.6 Å². The van der Waals surface area contributed by atoms with Crippen molar-refractivity contribution in [3.63, 3.8) is 0 Å². The molecule has 1 amide bonds. The van der Waals surface area contributed by atoms with Gasteiger partial charge in [-0.25, -0.2) is 0 Å². The molecule has 1 aliphatic carbocycles. The molecule has 2 atom stereocenters. The number of aromatic hydroxyl groups is 2. The zero-order valence-corrected chi connectivity index (χ0v) is 11.5. The Morgan fingerprint density at radius 2 is 2.00 bits per heavy atom. The molecule has 2 unspecified atom stereocenters. The van der Waals surface area contributed by atoms with E-state index in [4.69, 9.17) is 0 Å². The first-order valence-electron chi connectivity index (χ1n) is 6.01. The molecule has 5 heteroatoms. The first-order valence-corrected chi connectivity index (χ1v) is 6.92. The third kappa shape index (κ3) is 2.96. The van der Waals surface area contributed by atoms with Gasteiger partial charge in [0.05, 0.1) is 0 Å². The van der Waals surface area contributed by atoms with Gasteiger partial charge in [-0.1, -0.05) is 22.0 Å². The van der Waals surface area contributed by atoms with Crippen LogP contribution in [-0.4, -0.2) is 27.5 Å². The summed E-state index contributed by atoms with van der Waals surface area (Å²) in [4.78, 5) is 12.4. The number of phenols is 2. The summed E-state index contributed by atoms with van der Waals surface area (Å²) in [5, 5.41) is 21.9. The van der Waals surface area contributed by atoms with E-state index in [2.05, 4.69) is 21.2 Å². The lowest BCUT2D eigenvalue weighted by atomic mass is 10.1. The number of rotatable bonds is 3. The standard InChI is InChI=1S/C13H16BrNO3/c14-9-5-4-8(6-9)7-15-13(18)12-10(16)2-1-3-11(12)17/h1-3,8-9,16-17H,4-7H2,(H,15,18). The molecule has 98 valence electrons. The number of hydrogen-bond donors (Lipinski definition) is 3. The highest BCUT2D eigenvalue weighted by Gasteiger charge is 2.24. The number of phenolic OH excluding ortho intramolecular Hbond substituents is 2. The monoisotopic (exact) mass is 313 g/mol. The molecule has 0 radical (unpaired) electrons. The van der Waals surface area contributed by atoms with E-state index in [1.165, 1.54) is 18.2 Å². The van der Waals surface area contributed by atoms with Crippen molar-refractivity contribution in [3.05, 3.63) is 23.8 Å². The van der Waals surface area contributed by atoms with Crippen molar-refractivity contribution >= 4 is 21.8 Å². The van der Waals surface area contributed by atoms with Crippen LogP contribution in [0.1, 0.15) is 29.6 Å². The van der Waals surface area contributed by atoms with Gasteiger partial charge in [0.15, 0.2) is 0 Å². The minimum absolute atomic E-state index is 0.0501. The molecule has 1 aromatic rings. The van der Waals surface area contributed by atoms with Crippen molar-refractivity contribution in [3.8, 4) is 11.5 Å². The summed E-state index contributed by atoms with van der Waals surface area (Å²) in [7, 11) is 0. The Balaban J connectivity index is 1.96. The smallest absolute Gasteiger partial charge is 0.258 e. The fourth-order valence-electron chi connectivity index (χ4n) is 2.29. The molecule has 4 nitrogen and oxygen atoms in total. The van der Waals surface area contributed by atoms with Crippen molar-refractivity contribution < 1.29 is 15.0 Å². The predicted octanol–water partition coefficient (Wildman–Crippen LogP) is 2.39. The van der Waals surface area contributed by atoms with Gasteiger partial charge in [-0.3, -0.25) is 4.79 Å². The highest BCUT2D eigenvalue weighted by Crippen LogP contribution is 2.30. The Hall–Kier alpha value is -1.23. The SMILES string of the molecule is O=C(NCC1CCC(Br)C1)c1c(O)cccc1O. The van der Waals surface area contributed by atoms with Crippen LogP contribution in [0.3, 0.4) is 0 Å². The van der Waals surface area contributed by atoms with E-state index >= 15 is 0 Å². The van der Waals surface area contributed by atoms with Crippen molar-refractivity contribution in [2.45, 2.75) is 24.1 Å². The first-order chi connectivity index (χ1) is 8.58. The molecule has 2 rings (SSSR count). The number of hydrogen-bond acceptors (Lipinski definition) is 3. The summed E-state index contributed by atoms with van der Waals surface area (Å²) in [5.74, 6) is -0.357. The predicted molar refractivity (Wildman–Crippen MR) is 72.2 cm³/mol. The van der Waals surface area contributed by atoms with Crippen LogP contribution in [0, 0.1) is 5.92 Å². The average Bonchev–Trinajstić information content (AvgIpc) is 2.72. The van der Waals surface area contributed by atoms with E-state index in [1.54, 1.807) is 0 Å². The molecule has 1 fully saturated rings. The van der Waals surface area contributed by atoms with E-state index in [9.17, 15) is 15.0 Å². The fraction of sp³-hybridized carbons (Fsp3) is 0.462. The van der Waals surface area contributed by atoms with E-state index in [-0.39, 0.29) is 17.1 Å². The minimum Gasteiger partial charge on any atom is -0.507 e. The Morgan fingerprint density at radius 1 is 1.33 bits per heavy atom. The van der Waals surface area contributed by atoms with Crippen LogP contribution in [0.2, 0.25) is 0 Å². The quantitative estimate of drug-likeness (QED) is 0.750. The number of alkyl halides is 1. The third-order valence-corrected chi connectivity index (χ3v) is 4.11. The number of halogens is 1. The van der Waals surface area contributed by atoms with Gasteiger partial charge in [0.1, 0.15) is 17.1 Å². The third-order valence-electron chi connectivity index (χ3n) is 3.28. The van der Waals surface area contributed by atoms with E-state index in [0.29, 0.717) is 17.3 Å². The zero-order valence-electron chi connectivity index (χ0n) is 9.90. The van der Waals surface area contributed by atoms with Crippen molar-refractivity contribution in [2.75, 3.05) is 6.54 Å². The molecule has 0 heterocycles. The second-order valence-electron chi connectivity index (χ2n) is 4.66. The van der Waals surface area contributed by atoms with Crippen LogP contribution in [0.25, 0.3) is 0 Å². The molecule has 0 aliphatic heterocycles. The fourth-order valence-corrected chi connectivity index (χ4v) is 3.08. The highest BCUT2D eigenvalue weighted by molar-refractivity contribution is 9.09. The molecule has 0 bridgehead atoms. The van der Waals surface area contributed by atoms with E-state index in [0.717, 1.165) is 19.3 Å². The summed E-state index contributed by atoms with van der Waals surface area (Å²) < 4.78 is 0. The average molecular weight is 314 g/mol. The van der Waals surface area contributed by atoms with Crippen LogP contribution in [0.15, 0.2) is 18.2 Å². The van der Waals surface area contributed by atoms with Crippen LogP contribution < -0.4 is 5.32 Å². The maximum absolute atomic E-state index is 11.9. The van der Waals surface area contributed by atoms with Crippen molar-refractivity contribution in [2.24, 2.45) is 5.92 Å². The molecule has 0 aromatic heterocycles. The van der Waals surface area contributed by atoms with E-state index in [1.807, 2.05) is 0 Å². The maximum Gasteiger partial charge on any atom is 0.258 e. The molecule has 3 N–H and O–H groups in total. The number of amides is 1. The Bertz CT molecular complexity index is 430. The number of carbonyl (C=O) groups is 1. The molecule has 1 aliphatic rings. The Morgan fingerprint density at radius 3 is 2.56 bits per heavy atom. The number of benzene rings is 1. The summed E-state index contributed by atoms with van der Waals surface area (Å²) in [5.41, 5.74) is -0.0501. The molecule has 1 aromatic carbocycles. The Labute approximate surface area is 114 Å². The van der Waals surface area contributed by atoms with Gasteiger partial charge in [0.25, 0.3) is 5.91 Å². The van der Waals surface area contributed by atoms with Crippen LogP contribution >= 0.6 is 15.9 Å². The molecule has 18 heavy (non-hydrogen) atoms. The first kappa shape index (κ1) is 13.2. The molecule has 0 saturated heterocycles. The van der Waals surface area contributed by atoms with Gasteiger partial charge < -0.3 is 15.5 Å². The summed E-state index contributed by atoms with van der Waals surface area (Å²) >= 11 is 3.56. The lowest BCUT2D eigenvalue weighted by molar-refractivity contribution is 0.0942. The molecular weight excluding hydrogens is 298 g/mol. The van der Waals surface area contributed by atoms with Crippen LogP contribution in [0.4, 0.5) is 0 Å². The van der Waals surface area contributed by atoms with Gasteiger partial charge in [-0.05, 0) is 37.3 Å². The second kappa shape index (κ2) is 5.61. The lowest BCUT2D eigenvalue weighted by Gasteiger charge is -2.12. The normalized spacial score (nSPS) is 22.9. The molecule has 1 saturated carbocycles. The van der Waals surface area contributed by atoms with Gasteiger partial charge >= 0.3 is 0 Å². The van der Waals surface area contributed by atoms with E-state index < -0.39 is 5.91 Å². The van der Waals surface area contributed by atoms with Gasteiger partial charge in [0.2, 0.25) is 0 Å². The second-order valence-corrected chi connectivity index (χ2v) is 5.95. The number of nitrogens with one attached hydrogen (secondary N) is 1. The molecular formula is C13H16BrNO3. The molecule has 0 spiro atoms. The summed E-state index contributed by atoms with van der Waals surface area (Å²) in [6.45, 7) is 0.578.